The van der Waals surface area contributed by atoms with Crippen LogP contribution in [-0.4, -0.2) is 42.6 Å². The molecule has 5 nitrogen and oxygen atoms in total. The van der Waals surface area contributed by atoms with Gasteiger partial charge in [0.15, 0.2) is 0 Å². The summed E-state index contributed by atoms with van der Waals surface area (Å²) in [5, 5.41) is 2.57. The first-order chi connectivity index (χ1) is 10.7. The van der Waals surface area contributed by atoms with Crippen molar-refractivity contribution in [3.05, 3.63) is 47.4 Å². The maximum Gasteiger partial charge on any atom is 0.269 e. The Bertz CT molecular complexity index is 658. The van der Waals surface area contributed by atoms with Crippen LogP contribution in [0.2, 0.25) is 0 Å². The maximum absolute atomic E-state index is 11.5. The second kappa shape index (κ2) is 6.13. The van der Waals surface area contributed by atoms with Crippen molar-refractivity contribution in [2.45, 2.75) is 12.8 Å². The molecule has 5 heteroatoms. The largest absolute Gasteiger partial charge is 0.374 e. The predicted octanol–water partition coefficient (Wildman–Crippen LogP) is 2.09. The SMILES string of the molecule is CNC(=O)c1ccc(C2=CC3C=C(C=N2)N(C)CCC3)cn1. The standard InChI is InChI=1S/C17H20N4O/c1-18-17(22)15-6-5-13(10-19-15)16-9-12-4-3-7-21(2)14(8-12)11-20-16/h5-6,8-12H,3-4,7H2,1-2H3,(H,18,22). The van der Waals surface area contributed by atoms with E-state index in [2.05, 4.69) is 39.4 Å². The highest BCUT2D eigenvalue weighted by molar-refractivity contribution is 5.92. The summed E-state index contributed by atoms with van der Waals surface area (Å²) in [6.07, 6.45) is 10.4. The van der Waals surface area contributed by atoms with Crippen LogP contribution in [0, 0.1) is 5.92 Å². The Labute approximate surface area is 130 Å². The maximum atomic E-state index is 11.5. The van der Waals surface area contributed by atoms with Gasteiger partial charge in [0.05, 0.1) is 17.6 Å². The summed E-state index contributed by atoms with van der Waals surface area (Å²) in [6.45, 7) is 1.07. The van der Waals surface area contributed by atoms with Crippen LogP contribution >= 0.6 is 0 Å². The van der Waals surface area contributed by atoms with E-state index in [1.807, 2.05) is 12.3 Å². The molecule has 22 heavy (non-hydrogen) atoms. The second-order valence-corrected chi connectivity index (χ2v) is 5.64. The third-order valence-corrected chi connectivity index (χ3v) is 4.08. The summed E-state index contributed by atoms with van der Waals surface area (Å²) in [4.78, 5) is 22.6. The zero-order valence-electron chi connectivity index (χ0n) is 12.9. The van der Waals surface area contributed by atoms with Crippen LogP contribution in [0.5, 0.6) is 0 Å². The number of hydrogen-bond acceptors (Lipinski definition) is 4. The van der Waals surface area contributed by atoms with Gasteiger partial charge in [0.25, 0.3) is 5.91 Å². The van der Waals surface area contributed by atoms with Crippen molar-refractivity contribution in [3.63, 3.8) is 0 Å². The van der Waals surface area contributed by atoms with E-state index in [-0.39, 0.29) is 5.91 Å². The van der Waals surface area contributed by atoms with Gasteiger partial charge in [0.2, 0.25) is 0 Å². The smallest absolute Gasteiger partial charge is 0.269 e. The lowest BCUT2D eigenvalue weighted by Crippen LogP contribution is -2.19. The van der Waals surface area contributed by atoms with Gasteiger partial charge in [-0.3, -0.25) is 14.8 Å². The molecule has 1 N–H and O–H groups in total. The van der Waals surface area contributed by atoms with Crippen molar-refractivity contribution in [2.24, 2.45) is 10.9 Å². The number of aromatic nitrogens is 1. The summed E-state index contributed by atoms with van der Waals surface area (Å²) in [5.41, 5.74) is 3.44. The van der Waals surface area contributed by atoms with E-state index in [1.165, 1.54) is 12.1 Å². The van der Waals surface area contributed by atoms with Crippen LogP contribution in [0.3, 0.4) is 0 Å². The molecule has 2 bridgehead atoms. The number of pyridine rings is 1. The van der Waals surface area contributed by atoms with Crippen LogP contribution in [0.1, 0.15) is 28.9 Å². The number of amides is 1. The average Bonchev–Trinajstić information content (AvgIpc) is 2.87. The van der Waals surface area contributed by atoms with E-state index in [9.17, 15) is 4.79 Å². The number of nitrogens with one attached hydrogen (secondary N) is 1. The number of carbonyl (C=O) groups excluding carboxylic acids is 1. The number of hydrogen-bond donors (Lipinski definition) is 1. The van der Waals surface area contributed by atoms with Gasteiger partial charge in [-0.05, 0) is 30.9 Å². The van der Waals surface area contributed by atoms with Crippen molar-refractivity contribution < 1.29 is 4.79 Å². The van der Waals surface area contributed by atoms with E-state index >= 15 is 0 Å². The van der Waals surface area contributed by atoms with E-state index in [1.54, 1.807) is 19.3 Å². The Morgan fingerprint density at radius 3 is 2.95 bits per heavy atom. The quantitative estimate of drug-likeness (QED) is 0.909. The number of rotatable bonds is 2. The highest BCUT2D eigenvalue weighted by atomic mass is 16.1. The summed E-state index contributed by atoms with van der Waals surface area (Å²) < 4.78 is 0. The van der Waals surface area contributed by atoms with Crippen LogP contribution < -0.4 is 5.32 Å². The summed E-state index contributed by atoms with van der Waals surface area (Å²) in [6, 6.07) is 3.63. The number of carbonyl (C=O) groups is 1. The molecule has 0 aliphatic carbocycles. The van der Waals surface area contributed by atoms with E-state index in [4.69, 9.17) is 0 Å². The van der Waals surface area contributed by atoms with Crippen molar-refractivity contribution in [1.82, 2.24) is 15.2 Å². The minimum absolute atomic E-state index is 0.178. The van der Waals surface area contributed by atoms with Crippen LogP contribution in [0.15, 0.2) is 41.2 Å². The van der Waals surface area contributed by atoms with E-state index < -0.39 is 0 Å². The first kappa shape index (κ1) is 14.5. The Morgan fingerprint density at radius 2 is 2.23 bits per heavy atom. The molecule has 1 unspecified atom stereocenters. The van der Waals surface area contributed by atoms with Crippen LogP contribution in [0.4, 0.5) is 0 Å². The van der Waals surface area contributed by atoms with Crippen LogP contribution in [0.25, 0.3) is 5.70 Å². The molecule has 0 saturated carbocycles. The average molecular weight is 296 g/mol. The van der Waals surface area contributed by atoms with Gasteiger partial charge >= 0.3 is 0 Å². The number of nitrogens with zero attached hydrogens (tertiary/aromatic N) is 3. The normalized spacial score (nSPS) is 20.6. The first-order valence-electron chi connectivity index (χ1n) is 7.55. The molecule has 0 saturated heterocycles. The van der Waals surface area contributed by atoms with Gasteiger partial charge < -0.3 is 10.2 Å². The monoisotopic (exact) mass is 296 g/mol. The lowest BCUT2D eigenvalue weighted by atomic mass is 10.0. The zero-order chi connectivity index (χ0) is 15.5. The molecule has 2 aliphatic heterocycles. The van der Waals surface area contributed by atoms with Crippen molar-refractivity contribution in [2.75, 3.05) is 20.6 Å². The molecule has 0 radical (unpaired) electrons. The molecule has 0 spiro atoms. The Balaban J connectivity index is 1.88. The molecule has 2 aliphatic rings. The highest BCUT2D eigenvalue weighted by Gasteiger charge is 2.17. The number of allylic oxidation sites excluding steroid dienone is 3. The van der Waals surface area contributed by atoms with Gasteiger partial charge in [-0.25, -0.2) is 0 Å². The third-order valence-electron chi connectivity index (χ3n) is 4.08. The van der Waals surface area contributed by atoms with Gasteiger partial charge in [0.1, 0.15) is 5.69 Å². The molecule has 1 aromatic heterocycles. The molecule has 0 aromatic carbocycles. The minimum Gasteiger partial charge on any atom is -0.374 e. The van der Waals surface area contributed by atoms with Crippen molar-refractivity contribution in [1.29, 1.82) is 0 Å². The number of fused-ring (bicyclic) bond motifs is 1. The summed E-state index contributed by atoms with van der Waals surface area (Å²) >= 11 is 0. The summed E-state index contributed by atoms with van der Waals surface area (Å²) in [7, 11) is 3.70. The molecule has 3 heterocycles. The molecule has 1 aromatic rings. The fourth-order valence-corrected chi connectivity index (χ4v) is 2.76. The third kappa shape index (κ3) is 2.93. The topological polar surface area (TPSA) is 57.6 Å². The number of aliphatic imine (C=N–C) groups is 1. The lowest BCUT2D eigenvalue weighted by molar-refractivity contribution is 0.0958. The van der Waals surface area contributed by atoms with Gasteiger partial charge in [-0.2, -0.15) is 0 Å². The molecule has 0 fully saturated rings. The molecule has 1 atom stereocenters. The Kier molecular flexibility index (Phi) is 4.04. The van der Waals surface area contributed by atoms with Crippen molar-refractivity contribution >= 4 is 17.8 Å². The summed E-state index contributed by atoms with van der Waals surface area (Å²) in [5.74, 6) is 0.221. The Hall–Kier alpha value is -2.43. The Morgan fingerprint density at radius 1 is 1.36 bits per heavy atom. The molecule has 114 valence electrons. The molecule has 3 rings (SSSR count). The lowest BCUT2D eigenvalue weighted by Gasteiger charge is -2.17. The molecule has 1 amide bonds. The van der Waals surface area contributed by atoms with Crippen molar-refractivity contribution in [3.8, 4) is 0 Å². The van der Waals surface area contributed by atoms with E-state index in [0.717, 1.165) is 24.2 Å². The first-order valence-corrected chi connectivity index (χ1v) is 7.55. The van der Waals surface area contributed by atoms with Gasteiger partial charge in [-0.1, -0.05) is 12.2 Å². The predicted molar refractivity (Wildman–Crippen MR) is 87.5 cm³/mol. The fraction of sp³-hybridized carbons (Fsp3) is 0.353. The molecular formula is C17H20N4O. The van der Waals surface area contributed by atoms with Gasteiger partial charge in [0, 0.05) is 32.4 Å². The fourth-order valence-electron chi connectivity index (χ4n) is 2.76. The zero-order valence-corrected chi connectivity index (χ0v) is 12.9. The molecular weight excluding hydrogens is 276 g/mol. The highest BCUT2D eigenvalue weighted by Crippen LogP contribution is 2.27. The van der Waals surface area contributed by atoms with Gasteiger partial charge in [-0.15, -0.1) is 0 Å². The van der Waals surface area contributed by atoms with Crippen LogP contribution in [-0.2, 0) is 0 Å². The minimum atomic E-state index is -0.178. The second-order valence-electron chi connectivity index (χ2n) is 5.64. The van der Waals surface area contributed by atoms with E-state index in [0.29, 0.717) is 11.6 Å².